The van der Waals surface area contributed by atoms with Crippen molar-refractivity contribution in [1.29, 1.82) is 0 Å². The Labute approximate surface area is 180 Å². The van der Waals surface area contributed by atoms with Crippen molar-refractivity contribution < 1.29 is 14.3 Å². The molecule has 0 saturated heterocycles. The van der Waals surface area contributed by atoms with Crippen LogP contribution in [0.2, 0.25) is 0 Å². The maximum atomic E-state index is 12.3. The molecule has 0 saturated carbocycles. The highest BCUT2D eigenvalue weighted by Gasteiger charge is 2.30. The van der Waals surface area contributed by atoms with E-state index in [0.717, 1.165) is 23.2 Å². The zero-order valence-corrected chi connectivity index (χ0v) is 18.8. The van der Waals surface area contributed by atoms with E-state index in [1.165, 1.54) is 4.90 Å². The van der Waals surface area contributed by atoms with E-state index < -0.39 is 0 Å². The average molecular weight is 430 g/mol. The Hall–Kier alpha value is -3.07. The molecule has 0 aliphatic heterocycles. The first kappa shape index (κ1) is 21.6. The van der Waals surface area contributed by atoms with Crippen LogP contribution in [0.1, 0.15) is 48.7 Å². The Balaban J connectivity index is 1.89. The lowest BCUT2D eigenvalue weighted by Gasteiger charge is -2.30. The number of carbonyl (C=O) groups is 1. The first-order valence-electron chi connectivity index (χ1n) is 9.54. The van der Waals surface area contributed by atoms with Gasteiger partial charge in [-0.05, 0) is 36.6 Å². The Morgan fingerprint density at radius 2 is 1.87 bits per heavy atom. The SMILES string of the molecule is Cc1ccc([C@H](Nc2nsnc2Nc2cccc(C(=O)N(C)C)c2O)C(C)(C)C)o1. The standard InChI is InChI=1S/C21H27N5O3S/c1-12-10-11-15(29-12)17(21(2,3)4)23-19-18(24-30-25-19)22-14-9-7-8-13(16(14)27)20(28)26(5)6/h7-11,17,27H,1-6H3,(H,22,24)(H,23,25)/t17-/m0/s1. The van der Waals surface area contributed by atoms with E-state index in [1.54, 1.807) is 32.3 Å². The van der Waals surface area contributed by atoms with Crippen LogP contribution in [0.15, 0.2) is 34.7 Å². The van der Waals surface area contributed by atoms with Gasteiger partial charge in [-0.3, -0.25) is 4.79 Å². The monoisotopic (exact) mass is 429 g/mol. The predicted molar refractivity (Wildman–Crippen MR) is 119 cm³/mol. The second-order valence-corrected chi connectivity index (χ2v) is 8.91. The Bertz CT molecular complexity index is 1040. The van der Waals surface area contributed by atoms with Gasteiger partial charge in [0.15, 0.2) is 17.4 Å². The fourth-order valence-electron chi connectivity index (χ4n) is 3.01. The van der Waals surface area contributed by atoms with Crippen molar-refractivity contribution in [2.24, 2.45) is 5.41 Å². The number of hydrogen-bond donors (Lipinski definition) is 3. The Kier molecular flexibility index (Phi) is 6.02. The van der Waals surface area contributed by atoms with Gasteiger partial charge in [-0.25, -0.2) is 0 Å². The van der Waals surface area contributed by atoms with Crippen molar-refractivity contribution in [1.82, 2.24) is 13.6 Å². The summed E-state index contributed by atoms with van der Waals surface area (Å²) in [6, 6.07) is 8.70. The van der Waals surface area contributed by atoms with E-state index in [9.17, 15) is 9.90 Å². The van der Waals surface area contributed by atoms with Crippen LogP contribution in [0.25, 0.3) is 0 Å². The number of furan rings is 1. The molecule has 0 radical (unpaired) electrons. The molecule has 8 nitrogen and oxygen atoms in total. The quantitative estimate of drug-likeness (QED) is 0.484. The van der Waals surface area contributed by atoms with E-state index in [0.29, 0.717) is 17.3 Å². The molecule has 9 heteroatoms. The van der Waals surface area contributed by atoms with Crippen molar-refractivity contribution in [2.75, 3.05) is 24.7 Å². The van der Waals surface area contributed by atoms with E-state index in [-0.39, 0.29) is 28.7 Å². The lowest BCUT2D eigenvalue weighted by Crippen LogP contribution is -2.25. The second-order valence-electron chi connectivity index (χ2n) is 8.38. The van der Waals surface area contributed by atoms with Crippen LogP contribution in [0.5, 0.6) is 5.75 Å². The number of carbonyl (C=O) groups excluding carboxylic acids is 1. The number of hydrogen-bond acceptors (Lipinski definition) is 8. The number of phenolic OH excluding ortho intramolecular Hbond substituents is 1. The van der Waals surface area contributed by atoms with Crippen LogP contribution in [0.4, 0.5) is 17.3 Å². The topological polar surface area (TPSA) is 104 Å². The largest absolute Gasteiger partial charge is 0.505 e. The molecular formula is C21H27N5O3S. The molecule has 3 N–H and O–H groups in total. The number of nitrogens with one attached hydrogen (secondary N) is 2. The smallest absolute Gasteiger partial charge is 0.257 e. The molecule has 160 valence electrons. The Morgan fingerprint density at radius 3 is 2.47 bits per heavy atom. The summed E-state index contributed by atoms with van der Waals surface area (Å²) in [5.41, 5.74) is 0.423. The number of aromatic hydroxyl groups is 1. The first-order valence-corrected chi connectivity index (χ1v) is 10.3. The third kappa shape index (κ3) is 4.56. The van der Waals surface area contributed by atoms with Gasteiger partial charge < -0.3 is 25.1 Å². The molecule has 1 atom stereocenters. The third-order valence-corrected chi connectivity index (χ3v) is 5.14. The number of nitrogens with zero attached hydrogens (tertiary/aromatic N) is 3. The molecule has 30 heavy (non-hydrogen) atoms. The van der Waals surface area contributed by atoms with Crippen LogP contribution in [0, 0.1) is 12.3 Å². The highest BCUT2D eigenvalue weighted by Crippen LogP contribution is 2.39. The molecule has 2 heterocycles. The molecule has 0 spiro atoms. The van der Waals surface area contributed by atoms with Crippen LogP contribution < -0.4 is 10.6 Å². The van der Waals surface area contributed by atoms with Crippen molar-refractivity contribution in [3.63, 3.8) is 0 Å². The first-order chi connectivity index (χ1) is 14.1. The minimum Gasteiger partial charge on any atom is -0.505 e. The van der Waals surface area contributed by atoms with Gasteiger partial charge >= 0.3 is 0 Å². The molecule has 0 aliphatic rings. The van der Waals surface area contributed by atoms with Crippen LogP contribution >= 0.6 is 11.7 Å². The van der Waals surface area contributed by atoms with E-state index in [1.807, 2.05) is 19.1 Å². The number of aryl methyl sites for hydroxylation is 1. The fourth-order valence-corrected chi connectivity index (χ4v) is 3.49. The summed E-state index contributed by atoms with van der Waals surface area (Å²) >= 11 is 1.05. The van der Waals surface area contributed by atoms with Gasteiger partial charge in [0.1, 0.15) is 11.5 Å². The van der Waals surface area contributed by atoms with Crippen molar-refractivity contribution in [3.8, 4) is 5.75 Å². The zero-order valence-electron chi connectivity index (χ0n) is 18.0. The molecule has 3 aromatic rings. The van der Waals surface area contributed by atoms with E-state index in [2.05, 4.69) is 40.2 Å². The maximum absolute atomic E-state index is 12.3. The minimum atomic E-state index is -0.285. The van der Waals surface area contributed by atoms with Crippen LogP contribution in [-0.2, 0) is 0 Å². The number of amides is 1. The van der Waals surface area contributed by atoms with Gasteiger partial charge in [-0.2, -0.15) is 8.75 Å². The summed E-state index contributed by atoms with van der Waals surface area (Å²) in [5.74, 6) is 2.22. The average Bonchev–Trinajstić information content (AvgIpc) is 3.28. The molecule has 3 rings (SSSR count). The zero-order chi connectivity index (χ0) is 22.1. The van der Waals surface area contributed by atoms with Crippen molar-refractivity contribution in [2.45, 2.75) is 33.7 Å². The normalized spacial score (nSPS) is 12.5. The summed E-state index contributed by atoms with van der Waals surface area (Å²) in [6.07, 6.45) is 0. The number of benzene rings is 1. The van der Waals surface area contributed by atoms with Gasteiger partial charge in [-0.1, -0.05) is 26.8 Å². The summed E-state index contributed by atoms with van der Waals surface area (Å²) in [7, 11) is 3.27. The molecule has 0 aliphatic carbocycles. The van der Waals surface area contributed by atoms with Crippen molar-refractivity contribution >= 4 is 35.0 Å². The molecule has 0 fully saturated rings. The fraction of sp³-hybridized carbons (Fsp3) is 0.381. The van der Waals surface area contributed by atoms with Gasteiger partial charge in [0.25, 0.3) is 5.91 Å². The van der Waals surface area contributed by atoms with Crippen LogP contribution in [-0.4, -0.2) is 38.8 Å². The van der Waals surface area contributed by atoms with Crippen LogP contribution in [0.3, 0.4) is 0 Å². The summed E-state index contributed by atoms with van der Waals surface area (Å²) in [6.45, 7) is 8.23. The molecule has 1 aromatic carbocycles. The highest BCUT2D eigenvalue weighted by atomic mass is 32.1. The molecule has 2 aromatic heterocycles. The number of phenols is 1. The van der Waals surface area contributed by atoms with Crippen molar-refractivity contribution in [3.05, 3.63) is 47.4 Å². The van der Waals surface area contributed by atoms with E-state index >= 15 is 0 Å². The van der Waals surface area contributed by atoms with Gasteiger partial charge in [0.05, 0.1) is 29.0 Å². The Morgan fingerprint density at radius 1 is 1.17 bits per heavy atom. The number of rotatable bonds is 6. The van der Waals surface area contributed by atoms with Gasteiger partial charge in [-0.15, -0.1) is 0 Å². The summed E-state index contributed by atoms with van der Waals surface area (Å²) < 4.78 is 14.5. The van der Waals surface area contributed by atoms with E-state index in [4.69, 9.17) is 4.42 Å². The van der Waals surface area contributed by atoms with Gasteiger partial charge in [0.2, 0.25) is 0 Å². The maximum Gasteiger partial charge on any atom is 0.257 e. The molecule has 0 unspecified atom stereocenters. The number of para-hydroxylation sites is 1. The lowest BCUT2D eigenvalue weighted by molar-refractivity contribution is 0.0824. The molecule has 1 amide bonds. The molecule has 0 bridgehead atoms. The number of aromatic nitrogens is 2. The van der Waals surface area contributed by atoms with Gasteiger partial charge in [0, 0.05) is 14.1 Å². The second kappa shape index (κ2) is 8.35. The summed E-state index contributed by atoms with van der Waals surface area (Å²) in [5, 5.41) is 17.1. The third-order valence-electron chi connectivity index (χ3n) is 4.61. The number of anilines is 3. The highest BCUT2D eigenvalue weighted by molar-refractivity contribution is 6.99. The predicted octanol–water partition coefficient (Wildman–Crippen LogP) is 4.79. The summed E-state index contributed by atoms with van der Waals surface area (Å²) in [4.78, 5) is 13.7. The molecular weight excluding hydrogens is 402 g/mol. The minimum absolute atomic E-state index is 0.135. The lowest BCUT2D eigenvalue weighted by atomic mass is 9.85.